The van der Waals surface area contributed by atoms with Crippen molar-refractivity contribution in [3.05, 3.63) is 53.6 Å². The summed E-state index contributed by atoms with van der Waals surface area (Å²) in [4.78, 5) is 10.3. The molecule has 2 rings (SSSR count). The van der Waals surface area contributed by atoms with Crippen LogP contribution in [0.2, 0.25) is 0 Å². The molecular weight excluding hydrogens is 252 g/mol. The van der Waals surface area contributed by atoms with Crippen molar-refractivity contribution >= 4 is 11.9 Å². The number of hydrogen-bond acceptors (Lipinski definition) is 3. The van der Waals surface area contributed by atoms with Gasteiger partial charge in [0.15, 0.2) is 11.5 Å². The van der Waals surface area contributed by atoms with Gasteiger partial charge in [0.05, 0.1) is 0 Å². The smallest absolute Gasteiger partial charge is 0.161 e. The molecule has 1 aromatic carbocycles. The molecule has 0 aliphatic carbocycles. The number of carbonyl (C=O) groups excluding carboxylic acids is 1. The summed E-state index contributed by atoms with van der Waals surface area (Å²) in [5, 5.41) is 0. The zero-order valence-electron chi connectivity index (χ0n) is 11.8. The van der Waals surface area contributed by atoms with Gasteiger partial charge < -0.3 is 9.47 Å². The van der Waals surface area contributed by atoms with Gasteiger partial charge in [-0.1, -0.05) is 24.3 Å². The first-order valence-electron chi connectivity index (χ1n) is 6.58. The number of rotatable bonds is 4. The van der Waals surface area contributed by atoms with E-state index in [0.29, 0.717) is 13.2 Å². The monoisotopic (exact) mass is 270 g/mol. The van der Waals surface area contributed by atoms with Gasteiger partial charge in [0.1, 0.15) is 19.5 Å². The third-order valence-electron chi connectivity index (χ3n) is 3.03. The number of ether oxygens (including phenoxy) is 2. The Bertz CT molecular complexity index is 580. The Balaban J connectivity index is 2.14. The molecule has 0 fully saturated rings. The number of hydrogen-bond donors (Lipinski definition) is 0. The molecule has 0 aromatic heterocycles. The lowest BCUT2D eigenvalue weighted by molar-refractivity contribution is -0.104. The van der Waals surface area contributed by atoms with Gasteiger partial charge in [0.25, 0.3) is 0 Å². The van der Waals surface area contributed by atoms with Gasteiger partial charge in [0.2, 0.25) is 0 Å². The van der Waals surface area contributed by atoms with E-state index in [4.69, 9.17) is 9.47 Å². The molecule has 1 heterocycles. The zero-order valence-corrected chi connectivity index (χ0v) is 11.8. The molecule has 104 valence electrons. The van der Waals surface area contributed by atoms with E-state index in [2.05, 4.69) is 0 Å². The van der Waals surface area contributed by atoms with Gasteiger partial charge in [-0.2, -0.15) is 0 Å². The van der Waals surface area contributed by atoms with Crippen molar-refractivity contribution in [1.29, 1.82) is 0 Å². The molecule has 0 radical (unpaired) electrons. The maximum absolute atomic E-state index is 10.3. The van der Waals surface area contributed by atoms with Crippen LogP contribution in [0.1, 0.15) is 19.4 Å². The first kappa shape index (κ1) is 14.1. The van der Waals surface area contributed by atoms with Gasteiger partial charge in [0, 0.05) is 0 Å². The molecule has 0 N–H and O–H groups in total. The van der Waals surface area contributed by atoms with Crippen LogP contribution in [0.3, 0.4) is 0 Å². The summed E-state index contributed by atoms with van der Waals surface area (Å²) in [7, 11) is 0. The predicted octanol–water partition coefficient (Wildman–Crippen LogP) is 3.56. The average Bonchev–Trinajstić information content (AvgIpc) is 2.47. The second kappa shape index (κ2) is 6.75. The van der Waals surface area contributed by atoms with Crippen LogP contribution in [0.5, 0.6) is 11.5 Å². The Morgan fingerprint density at radius 3 is 2.60 bits per heavy atom. The van der Waals surface area contributed by atoms with Gasteiger partial charge in [-0.25, -0.2) is 0 Å². The highest BCUT2D eigenvalue weighted by atomic mass is 16.6. The molecule has 1 aliphatic rings. The molecule has 1 aromatic rings. The van der Waals surface area contributed by atoms with Crippen molar-refractivity contribution in [3.8, 4) is 11.5 Å². The fourth-order valence-electron chi connectivity index (χ4n) is 1.89. The maximum atomic E-state index is 10.3. The van der Waals surface area contributed by atoms with Crippen LogP contribution in [0, 0.1) is 0 Å². The summed E-state index contributed by atoms with van der Waals surface area (Å²) in [5.74, 6) is 1.59. The van der Waals surface area contributed by atoms with Crippen molar-refractivity contribution in [3.63, 3.8) is 0 Å². The average molecular weight is 270 g/mol. The molecule has 0 saturated carbocycles. The molecule has 0 bridgehead atoms. The molecule has 20 heavy (non-hydrogen) atoms. The number of fused-ring (bicyclic) bond motifs is 1. The van der Waals surface area contributed by atoms with Crippen molar-refractivity contribution in [2.45, 2.75) is 13.8 Å². The lowest BCUT2D eigenvalue weighted by Gasteiger charge is -2.18. The summed E-state index contributed by atoms with van der Waals surface area (Å²) in [6, 6.07) is 5.94. The van der Waals surface area contributed by atoms with Crippen molar-refractivity contribution in [1.82, 2.24) is 0 Å². The Morgan fingerprint density at radius 1 is 1.10 bits per heavy atom. The maximum Gasteiger partial charge on any atom is 0.161 e. The first-order valence-corrected chi connectivity index (χ1v) is 6.58. The lowest BCUT2D eigenvalue weighted by atomic mass is 10.1. The number of benzene rings is 1. The van der Waals surface area contributed by atoms with Crippen molar-refractivity contribution < 1.29 is 14.3 Å². The second-order valence-electron chi connectivity index (χ2n) is 4.61. The van der Waals surface area contributed by atoms with Crippen LogP contribution >= 0.6 is 0 Å². The zero-order chi connectivity index (χ0) is 14.4. The largest absolute Gasteiger partial charge is 0.486 e. The molecule has 0 amide bonds. The van der Waals surface area contributed by atoms with E-state index in [9.17, 15) is 4.79 Å². The highest BCUT2D eigenvalue weighted by molar-refractivity contribution is 5.69. The van der Waals surface area contributed by atoms with E-state index in [0.717, 1.165) is 34.5 Å². The fraction of sp³-hybridized carbons (Fsp3) is 0.235. The van der Waals surface area contributed by atoms with E-state index in [-0.39, 0.29) is 0 Å². The standard InChI is InChI=1S/C17H18O3/c1-13(8-9-18)4-3-5-14(2)15-6-7-16-17(12-15)20-11-10-19-16/h3-9,12H,10-11H2,1-2H3/b4-3+,13-8+,14-5+. The quantitative estimate of drug-likeness (QED) is 0.477. The SMILES string of the molecule is CC(/C=C/C=C(\C)c1ccc2c(c1)OCCO2)=C\C=O. The van der Waals surface area contributed by atoms with Crippen LogP contribution in [0.4, 0.5) is 0 Å². The Labute approximate surface area is 119 Å². The molecule has 0 unspecified atom stereocenters. The van der Waals surface area contributed by atoms with E-state index in [1.165, 1.54) is 6.08 Å². The third-order valence-corrected chi connectivity index (χ3v) is 3.03. The second-order valence-corrected chi connectivity index (χ2v) is 4.61. The summed E-state index contributed by atoms with van der Waals surface area (Å²) >= 11 is 0. The minimum Gasteiger partial charge on any atom is -0.486 e. The van der Waals surface area contributed by atoms with Crippen LogP contribution in [0.15, 0.2) is 48.1 Å². The summed E-state index contributed by atoms with van der Waals surface area (Å²) in [5.41, 5.74) is 3.14. The van der Waals surface area contributed by atoms with Gasteiger partial charge >= 0.3 is 0 Å². The number of carbonyl (C=O) groups is 1. The van der Waals surface area contributed by atoms with Gasteiger partial charge in [-0.05, 0) is 48.8 Å². The lowest BCUT2D eigenvalue weighted by Crippen LogP contribution is -2.15. The van der Waals surface area contributed by atoms with E-state index in [1.807, 2.05) is 50.3 Å². The fourth-order valence-corrected chi connectivity index (χ4v) is 1.89. The summed E-state index contributed by atoms with van der Waals surface area (Å²) in [6.07, 6.45) is 8.16. The number of allylic oxidation sites excluding steroid dienone is 6. The summed E-state index contributed by atoms with van der Waals surface area (Å²) in [6.45, 7) is 5.12. The highest BCUT2D eigenvalue weighted by Crippen LogP contribution is 2.32. The van der Waals surface area contributed by atoms with Crippen molar-refractivity contribution in [2.24, 2.45) is 0 Å². The van der Waals surface area contributed by atoms with Crippen LogP contribution < -0.4 is 9.47 Å². The highest BCUT2D eigenvalue weighted by Gasteiger charge is 2.11. The first-order chi connectivity index (χ1) is 9.70. The Hall–Kier alpha value is -2.29. The number of aldehydes is 1. The van der Waals surface area contributed by atoms with E-state index in [1.54, 1.807) is 0 Å². The Kier molecular flexibility index (Phi) is 4.77. The van der Waals surface area contributed by atoms with Crippen LogP contribution in [-0.4, -0.2) is 19.5 Å². The molecule has 1 aliphatic heterocycles. The molecule has 3 heteroatoms. The molecule has 3 nitrogen and oxygen atoms in total. The van der Waals surface area contributed by atoms with E-state index >= 15 is 0 Å². The third kappa shape index (κ3) is 3.60. The normalized spacial score (nSPS) is 15.5. The van der Waals surface area contributed by atoms with Gasteiger partial charge in [-0.3, -0.25) is 4.79 Å². The molecule has 0 saturated heterocycles. The Morgan fingerprint density at radius 2 is 1.85 bits per heavy atom. The molecule has 0 atom stereocenters. The molecule has 0 spiro atoms. The van der Waals surface area contributed by atoms with Gasteiger partial charge in [-0.15, -0.1) is 0 Å². The molecular formula is C17H18O3. The minimum absolute atomic E-state index is 0.592. The van der Waals surface area contributed by atoms with Crippen molar-refractivity contribution in [2.75, 3.05) is 13.2 Å². The predicted molar refractivity (Wildman–Crippen MR) is 80.0 cm³/mol. The minimum atomic E-state index is 0.592. The summed E-state index contributed by atoms with van der Waals surface area (Å²) < 4.78 is 11.1. The topological polar surface area (TPSA) is 35.5 Å². The van der Waals surface area contributed by atoms with Crippen LogP contribution in [-0.2, 0) is 4.79 Å². The van der Waals surface area contributed by atoms with Crippen LogP contribution in [0.25, 0.3) is 5.57 Å². The van der Waals surface area contributed by atoms with E-state index < -0.39 is 0 Å².